The third-order valence-corrected chi connectivity index (χ3v) is 6.75. The van der Waals surface area contributed by atoms with E-state index in [2.05, 4.69) is 0 Å². The van der Waals surface area contributed by atoms with Crippen molar-refractivity contribution in [2.45, 2.75) is 71.4 Å². The van der Waals surface area contributed by atoms with Gasteiger partial charge in [-0.2, -0.15) is 5.26 Å². The van der Waals surface area contributed by atoms with Crippen molar-refractivity contribution in [3.05, 3.63) is 77.9 Å². The summed E-state index contributed by atoms with van der Waals surface area (Å²) in [4.78, 5) is 45.6. The molecule has 266 valence electrons. The van der Waals surface area contributed by atoms with E-state index in [4.69, 9.17) is 43.5 Å². The first-order valence-electron chi connectivity index (χ1n) is 15.8. The smallest absolute Gasteiger partial charge is 0.338 e. The molecule has 3 heterocycles. The van der Waals surface area contributed by atoms with Gasteiger partial charge in [0.05, 0.1) is 25.9 Å². The van der Waals surface area contributed by atoms with Gasteiger partial charge in [0.2, 0.25) is 5.78 Å². The summed E-state index contributed by atoms with van der Waals surface area (Å²) in [5.74, 6) is -3.95. The van der Waals surface area contributed by atoms with Crippen LogP contribution in [0.5, 0.6) is 0 Å². The maximum Gasteiger partial charge on any atom is 0.338 e. The number of benzene rings is 2. The molecule has 49 heavy (non-hydrogen) atoms. The highest BCUT2D eigenvalue weighted by Gasteiger charge is 2.58. The molecule has 0 radical (unpaired) electrons. The van der Waals surface area contributed by atoms with Gasteiger partial charge < -0.3 is 38.3 Å². The van der Waals surface area contributed by atoms with Gasteiger partial charge in [-0.05, 0) is 44.9 Å². The summed E-state index contributed by atoms with van der Waals surface area (Å²) in [5.41, 5.74) is 2.03. The topological polar surface area (TPSA) is 180 Å². The lowest BCUT2D eigenvalue weighted by atomic mass is 9.93. The third-order valence-electron chi connectivity index (χ3n) is 6.75. The Labute approximate surface area is 286 Å². The van der Waals surface area contributed by atoms with Crippen molar-refractivity contribution in [1.82, 2.24) is 0 Å². The van der Waals surface area contributed by atoms with Crippen LogP contribution in [0.15, 0.2) is 66.7 Å². The van der Waals surface area contributed by atoms with Gasteiger partial charge in [0.15, 0.2) is 18.0 Å². The Morgan fingerprint density at radius 1 is 1.00 bits per heavy atom. The van der Waals surface area contributed by atoms with Crippen LogP contribution in [-0.4, -0.2) is 85.6 Å². The molecule has 2 aromatic carbocycles. The highest BCUT2D eigenvalue weighted by molar-refractivity contribution is 5.92. The first-order chi connectivity index (χ1) is 23.3. The van der Waals surface area contributed by atoms with Crippen LogP contribution in [0.2, 0.25) is 0 Å². The van der Waals surface area contributed by atoms with Crippen LogP contribution in [0.4, 0.5) is 0 Å². The summed E-state index contributed by atoms with van der Waals surface area (Å²) < 4.78 is 36.4. The van der Waals surface area contributed by atoms with Crippen molar-refractivity contribution in [2.75, 3.05) is 33.0 Å². The molecular weight excluding hydrogens is 638 g/mol. The van der Waals surface area contributed by atoms with Crippen molar-refractivity contribution in [3.8, 4) is 6.07 Å². The van der Waals surface area contributed by atoms with E-state index in [1.807, 2.05) is 60.7 Å². The van der Waals surface area contributed by atoms with E-state index in [0.717, 1.165) is 11.1 Å². The minimum absolute atomic E-state index is 0.0172. The van der Waals surface area contributed by atoms with E-state index in [1.165, 1.54) is 19.1 Å². The van der Waals surface area contributed by atoms with E-state index < -0.39 is 29.8 Å². The Hall–Kier alpha value is -4.45. The van der Waals surface area contributed by atoms with Crippen LogP contribution in [-0.2, 0) is 52.3 Å². The summed E-state index contributed by atoms with van der Waals surface area (Å²) in [7, 11) is 0. The lowest BCUT2D eigenvalue weighted by Gasteiger charge is -2.38. The zero-order valence-corrected chi connectivity index (χ0v) is 28.7. The Kier molecular flexibility index (Phi) is 16.7. The molecule has 0 saturated carbocycles. The molecule has 13 heteroatoms. The van der Waals surface area contributed by atoms with Crippen LogP contribution in [0.1, 0.15) is 58.8 Å². The average molecular weight is 684 g/mol. The van der Waals surface area contributed by atoms with Crippen LogP contribution in [0.25, 0.3) is 6.08 Å². The maximum absolute atomic E-state index is 12.4. The van der Waals surface area contributed by atoms with Crippen LogP contribution >= 0.6 is 0 Å². The second kappa shape index (κ2) is 20.2. The predicted molar refractivity (Wildman–Crippen MR) is 175 cm³/mol. The number of ether oxygens (including phenoxy) is 7. The van der Waals surface area contributed by atoms with Gasteiger partial charge in [-0.1, -0.05) is 67.6 Å². The molecule has 3 saturated heterocycles. The minimum atomic E-state index is -1.43. The van der Waals surface area contributed by atoms with Crippen molar-refractivity contribution < 1.29 is 57.4 Å². The fraction of sp³-hybridized carbons (Fsp3) is 0.472. The summed E-state index contributed by atoms with van der Waals surface area (Å²) in [6.45, 7) is 10.8. The highest BCUT2D eigenvalue weighted by Crippen LogP contribution is 2.39. The lowest BCUT2D eigenvalue weighted by molar-refractivity contribution is -0.266. The summed E-state index contributed by atoms with van der Waals surface area (Å²) in [5, 5.41) is 14.9. The monoisotopic (exact) mass is 683 g/mol. The number of Topliss-reactive ketones (excluding diaryl/α,β-unsaturated/α-hetero) is 1. The van der Waals surface area contributed by atoms with E-state index in [1.54, 1.807) is 40.7 Å². The third kappa shape index (κ3) is 13.5. The number of carbonyl (C=O) groups excluding carboxylic acids is 4. The predicted octanol–water partition coefficient (Wildman–Crippen LogP) is 4.09. The normalized spacial score (nSPS) is 24.4. The number of nitrogens with zero attached hydrogens (tertiary/aromatic N) is 1. The molecule has 0 aliphatic carbocycles. The first kappa shape index (κ1) is 40.7. The van der Waals surface area contributed by atoms with Crippen molar-refractivity contribution >= 4 is 29.8 Å². The van der Waals surface area contributed by atoms with Crippen LogP contribution in [0.3, 0.4) is 0 Å². The molecule has 3 fully saturated rings. The molecule has 2 aromatic rings. The SMILES string of the molecule is CC(=O)O[C@H]1C(=O)[C@@]2(COC(C)(C)O2)OC[C@H]1C.CCOC(=O)/C=C/c1ccccc1.CCOC(=O)[C@H]1O[C@@H]1c1ccccc1.N#CCO. The lowest BCUT2D eigenvalue weighted by Crippen LogP contribution is -2.58. The molecule has 3 aliphatic heterocycles. The van der Waals surface area contributed by atoms with Gasteiger partial charge in [0.25, 0.3) is 5.79 Å². The van der Waals surface area contributed by atoms with Gasteiger partial charge in [0.1, 0.15) is 19.3 Å². The molecule has 0 aromatic heterocycles. The van der Waals surface area contributed by atoms with Gasteiger partial charge >= 0.3 is 17.9 Å². The highest BCUT2D eigenvalue weighted by atomic mass is 16.8. The first-order valence-corrected chi connectivity index (χ1v) is 15.8. The molecule has 13 nitrogen and oxygen atoms in total. The van der Waals surface area contributed by atoms with E-state index in [0.29, 0.717) is 13.2 Å². The number of rotatable bonds is 7. The zero-order valence-electron chi connectivity index (χ0n) is 28.7. The van der Waals surface area contributed by atoms with E-state index in [9.17, 15) is 19.2 Å². The molecular formula is C36H45NO12. The number of hydrogen-bond donors (Lipinski definition) is 1. The maximum atomic E-state index is 12.4. The largest absolute Gasteiger partial charge is 0.464 e. The Balaban J connectivity index is 0.000000245. The molecule has 5 atom stereocenters. The second-order valence-corrected chi connectivity index (χ2v) is 11.2. The fourth-order valence-corrected chi connectivity index (χ4v) is 4.50. The standard InChI is InChI=1S/C12H18O6.C11H12O3.C11H12O2.C2H3NO/c1-7-5-15-12(6-16-11(3,4)18-12)10(14)9(7)17-8(2)13;1-2-13-11(12)10-9(14-10)8-6-4-3-5-7-8;1-2-13-11(12)9-8-10-6-4-3-5-7-10;3-1-2-4/h7,9H,5-6H2,1-4H3;3-7,9-10H,2H2,1H3;3-9H,2H2,1H3;4H,2H2/b;;9-8+;/t7-,9-,12+;9-,10+;;/m11../s1. The number of esters is 3. The van der Waals surface area contributed by atoms with Gasteiger partial charge in [-0.15, -0.1) is 0 Å². The van der Waals surface area contributed by atoms with Gasteiger partial charge in [-0.3, -0.25) is 9.59 Å². The fourth-order valence-electron chi connectivity index (χ4n) is 4.50. The van der Waals surface area contributed by atoms with Crippen molar-refractivity contribution in [2.24, 2.45) is 5.92 Å². The number of nitriles is 1. The summed E-state index contributed by atoms with van der Waals surface area (Å²) in [6.07, 6.45) is 1.83. The number of epoxide rings is 1. The quantitative estimate of drug-likeness (QED) is 0.145. The van der Waals surface area contributed by atoms with E-state index in [-0.39, 0.29) is 49.6 Å². The average Bonchev–Trinajstić information content (AvgIpc) is 3.83. The molecule has 0 amide bonds. The van der Waals surface area contributed by atoms with Crippen molar-refractivity contribution in [3.63, 3.8) is 0 Å². The van der Waals surface area contributed by atoms with Crippen LogP contribution < -0.4 is 0 Å². The minimum Gasteiger partial charge on any atom is -0.464 e. The van der Waals surface area contributed by atoms with Gasteiger partial charge in [0, 0.05) is 18.9 Å². The molecule has 0 bridgehead atoms. The number of aliphatic hydroxyl groups is 1. The molecule has 1 spiro atoms. The van der Waals surface area contributed by atoms with Crippen molar-refractivity contribution in [1.29, 1.82) is 5.26 Å². The summed E-state index contributed by atoms with van der Waals surface area (Å²) >= 11 is 0. The Morgan fingerprint density at radius 3 is 2.10 bits per heavy atom. The Morgan fingerprint density at radius 2 is 1.59 bits per heavy atom. The molecule has 3 aliphatic rings. The Bertz CT molecular complexity index is 1420. The molecule has 5 rings (SSSR count). The van der Waals surface area contributed by atoms with E-state index >= 15 is 0 Å². The number of ketones is 1. The summed E-state index contributed by atoms with van der Waals surface area (Å²) in [6, 6.07) is 20.8. The van der Waals surface area contributed by atoms with Gasteiger partial charge in [-0.25, -0.2) is 9.59 Å². The number of carbonyl (C=O) groups is 4. The van der Waals surface area contributed by atoms with Crippen LogP contribution in [0, 0.1) is 17.2 Å². The number of hydrogen-bond acceptors (Lipinski definition) is 13. The molecule has 1 N–H and O–H groups in total. The molecule has 0 unspecified atom stereocenters. The zero-order chi connectivity index (χ0) is 36.5. The number of aliphatic hydroxyl groups excluding tert-OH is 1. The second-order valence-electron chi connectivity index (χ2n) is 11.2.